The number of benzene rings is 1. The van der Waals surface area contributed by atoms with Crippen LogP contribution in [0.2, 0.25) is 0 Å². The molecule has 3 N–H and O–H groups in total. The standard InChI is InChI=1S/C8H5F2NO3/c9-4-1-3(8(13)14)2-5(10)6(4)7(11)12/h1-2H,(H2,11,12)(H,13,14). The van der Waals surface area contributed by atoms with Gasteiger partial charge in [-0.25, -0.2) is 13.6 Å². The molecule has 0 bridgehead atoms. The van der Waals surface area contributed by atoms with Crippen molar-refractivity contribution >= 4 is 11.9 Å². The van der Waals surface area contributed by atoms with Crippen molar-refractivity contribution in [2.45, 2.75) is 0 Å². The molecule has 0 unspecified atom stereocenters. The van der Waals surface area contributed by atoms with E-state index >= 15 is 0 Å². The van der Waals surface area contributed by atoms with Gasteiger partial charge in [0.1, 0.15) is 17.2 Å². The Hall–Kier alpha value is -1.98. The van der Waals surface area contributed by atoms with Gasteiger partial charge in [-0.05, 0) is 12.1 Å². The van der Waals surface area contributed by atoms with E-state index in [9.17, 15) is 18.4 Å². The molecule has 0 aliphatic heterocycles. The third-order valence-electron chi connectivity index (χ3n) is 1.54. The molecule has 6 heteroatoms. The van der Waals surface area contributed by atoms with Crippen molar-refractivity contribution in [3.05, 3.63) is 34.9 Å². The lowest BCUT2D eigenvalue weighted by molar-refractivity contribution is 0.0695. The Labute approximate surface area is 76.9 Å². The van der Waals surface area contributed by atoms with Gasteiger partial charge in [-0.15, -0.1) is 0 Å². The van der Waals surface area contributed by atoms with Crippen LogP contribution in [-0.4, -0.2) is 17.0 Å². The molecule has 1 aromatic rings. The molecular weight excluding hydrogens is 196 g/mol. The summed E-state index contributed by atoms with van der Waals surface area (Å²) in [6.07, 6.45) is 0. The monoisotopic (exact) mass is 201 g/mol. The van der Waals surface area contributed by atoms with Crippen molar-refractivity contribution in [3.8, 4) is 0 Å². The number of hydrogen-bond acceptors (Lipinski definition) is 2. The minimum Gasteiger partial charge on any atom is -0.478 e. The summed E-state index contributed by atoms with van der Waals surface area (Å²) in [6, 6.07) is 1.07. The Morgan fingerprint density at radius 2 is 1.64 bits per heavy atom. The maximum Gasteiger partial charge on any atom is 0.335 e. The molecule has 14 heavy (non-hydrogen) atoms. The highest BCUT2D eigenvalue weighted by atomic mass is 19.1. The Morgan fingerprint density at radius 1 is 1.21 bits per heavy atom. The molecule has 0 aliphatic rings. The molecule has 0 fully saturated rings. The van der Waals surface area contributed by atoms with Crippen molar-refractivity contribution in [3.63, 3.8) is 0 Å². The molecule has 0 atom stereocenters. The maximum atomic E-state index is 12.9. The Balaban J connectivity index is 3.39. The average molecular weight is 201 g/mol. The highest BCUT2D eigenvalue weighted by Gasteiger charge is 2.18. The molecular formula is C8H5F2NO3. The van der Waals surface area contributed by atoms with Gasteiger partial charge in [0, 0.05) is 0 Å². The van der Waals surface area contributed by atoms with Crippen LogP contribution in [0.5, 0.6) is 0 Å². The van der Waals surface area contributed by atoms with Gasteiger partial charge < -0.3 is 10.8 Å². The summed E-state index contributed by atoms with van der Waals surface area (Å²) in [6.45, 7) is 0. The smallest absolute Gasteiger partial charge is 0.335 e. The van der Waals surface area contributed by atoms with E-state index in [2.05, 4.69) is 5.73 Å². The Morgan fingerprint density at radius 3 is 1.93 bits per heavy atom. The Bertz CT molecular complexity index is 394. The largest absolute Gasteiger partial charge is 0.478 e. The van der Waals surface area contributed by atoms with Crippen molar-refractivity contribution < 1.29 is 23.5 Å². The van der Waals surface area contributed by atoms with E-state index in [1.165, 1.54) is 0 Å². The predicted octanol–water partition coefficient (Wildman–Crippen LogP) is 0.762. The first-order chi connectivity index (χ1) is 6.43. The minimum atomic E-state index is -1.49. The van der Waals surface area contributed by atoms with Crippen LogP contribution in [0, 0.1) is 11.6 Å². The van der Waals surface area contributed by atoms with Crippen molar-refractivity contribution in [2.24, 2.45) is 5.73 Å². The van der Waals surface area contributed by atoms with E-state index < -0.39 is 34.6 Å². The van der Waals surface area contributed by atoms with Gasteiger partial charge in [0.05, 0.1) is 5.56 Å². The van der Waals surface area contributed by atoms with Crippen molar-refractivity contribution in [1.82, 2.24) is 0 Å². The molecule has 1 amide bonds. The van der Waals surface area contributed by atoms with Gasteiger partial charge in [0.25, 0.3) is 5.91 Å². The average Bonchev–Trinajstić information content (AvgIpc) is 2.01. The molecule has 74 valence electrons. The zero-order valence-electron chi connectivity index (χ0n) is 6.75. The third kappa shape index (κ3) is 1.68. The highest BCUT2D eigenvalue weighted by Crippen LogP contribution is 2.14. The van der Waals surface area contributed by atoms with E-state index in [1.807, 2.05) is 0 Å². The molecule has 1 rings (SSSR count). The molecule has 0 heterocycles. The number of carbonyl (C=O) groups excluding carboxylic acids is 1. The van der Waals surface area contributed by atoms with Crippen LogP contribution < -0.4 is 5.73 Å². The molecule has 4 nitrogen and oxygen atoms in total. The van der Waals surface area contributed by atoms with Gasteiger partial charge in [0.15, 0.2) is 0 Å². The van der Waals surface area contributed by atoms with E-state index in [0.717, 1.165) is 0 Å². The number of amides is 1. The first kappa shape index (κ1) is 10.1. The lowest BCUT2D eigenvalue weighted by Crippen LogP contribution is -2.16. The summed E-state index contributed by atoms with van der Waals surface area (Å²) in [5.74, 6) is -5.33. The lowest BCUT2D eigenvalue weighted by Gasteiger charge is -2.01. The maximum absolute atomic E-state index is 12.9. The van der Waals surface area contributed by atoms with Gasteiger partial charge >= 0.3 is 5.97 Å². The van der Waals surface area contributed by atoms with E-state index in [4.69, 9.17) is 5.11 Å². The summed E-state index contributed by atoms with van der Waals surface area (Å²) >= 11 is 0. The fourth-order valence-electron chi connectivity index (χ4n) is 0.932. The molecule has 0 saturated carbocycles. The van der Waals surface area contributed by atoms with E-state index in [-0.39, 0.29) is 0 Å². The van der Waals surface area contributed by atoms with E-state index in [1.54, 1.807) is 0 Å². The van der Waals surface area contributed by atoms with Crippen LogP contribution in [-0.2, 0) is 0 Å². The van der Waals surface area contributed by atoms with Gasteiger partial charge in [0.2, 0.25) is 0 Å². The quantitative estimate of drug-likeness (QED) is 0.741. The predicted molar refractivity (Wildman–Crippen MR) is 41.8 cm³/mol. The number of carboxylic acid groups (broad SMARTS) is 1. The van der Waals surface area contributed by atoms with Crippen LogP contribution >= 0.6 is 0 Å². The molecule has 0 aromatic heterocycles. The number of primary amides is 1. The first-order valence-corrected chi connectivity index (χ1v) is 3.45. The summed E-state index contributed by atoms with van der Waals surface area (Å²) < 4.78 is 25.8. The van der Waals surface area contributed by atoms with Gasteiger partial charge in [-0.2, -0.15) is 0 Å². The minimum absolute atomic E-state index is 0.533. The second-order valence-corrected chi connectivity index (χ2v) is 2.48. The number of carbonyl (C=O) groups is 2. The lowest BCUT2D eigenvalue weighted by atomic mass is 10.1. The van der Waals surface area contributed by atoms with Crippen molar-refractivity contribution in [2.75, 3.05) is 0 Å². The Kier molecular flexibility index (Phi) is 2.46. The van der Waals surface area contributed by atoms with E-state index in [0.29, 0.717) is 12.1 Å². The summed E-state index contributed by atoms with van der Waals surface area (Å²) in [7, 11) is 0. The number of rotatable bonds is 2. The molecule has 0 saturated heterocycles. The number of carboxylic acids is 1. The third-order valence-corrected chi connectivity index (χ3v) is 1.54. The molecule has 0 radical (unpaired) electrons. The second-order valence-electron chi connectivity index (χ2n) is 2.48. The van der Waals surface area contributed by atoms with Crippen molar-refractivity contribution in [1.29, 1.82) is 0 Å². The number of aromatic carboxylic acids is 1. The first-order valence-electron chi connectivity index (χ1n) is 3.45. The van der Waals surface area contributed by atoms with Crippen LogP contribution in [0.15, 0.2) is 12.1 Å². The van der Waals surface area contributed by atoms with Gasteiger partial charge in [-0.1, -0.05) is 0 Å². The topological polar surface area (TPSA) is 80.4 Å². The summed E-state index contributed by atoms with van der Waals surface area (Å²) in [5, 5.41) is 8.41. The normalized spacial score (nSPS) is 9.86. The fourth-order valence-corrected chi connectivity index (χ4v) is 0.932. The molecule has 0 spiro atoms. The molecule has 0 aliphatic carbocycles. The summed E-state index contributed by atoms with van der Waals surface area (Å²) in [5.41, 5.74) is 3.16. The number of nitrogens with two attached hydrogens (primary N) is 1. The molecule has 1 aromatic carbocycles. The van der Waals surface area contributed by atoms with Crippen LogP contribution in [0.25, 0.3) is 0 Å². The zero-order valence-corrected chi connectivity index (χ0v) is 6.75. The van der Waals surface area contributed by atoms with Crippen LogP contribution in [0.3, 0.4) is 0 Å². The summed E-state index contributed by atoms with van der Waals surface area (Å²) in [4.78, 5) is 20.9. The van der Waals surface area contributed by atoms with Gasteiger partial charge in [-0.3, -0.25) is 4.79 Å². The SMILES string of the molecule is NC(=O)c1c(F)cc(C(=O)O)cc1F. The van der Waals surface area contributed by atoms with Crippen LogP contribution in [0.1, 0.15) is 20.7 Å². The highest BCUT2D eigenvalue weighted by molar-refractivity contribution is 5.95. The second kappa shape index (κ2) is 3.41. The number of hydrogen-bond donors (Lipinski definition) is 2. The zero-order chi connectivity index (χ0) is 10.9. The van der Waals surface area contributed by atoms with Crippen LogP contribution in [0.4, 0.5) is 8.78 Å². The number of halogens is 2. The fraction of sp³-hybridized carbons (Fsp3) is 0.